The van der Waals surface area contributed by atoms with Gasteiger partial charge in [-0.15, -0.1) is 0 Å². The molecule has 3 aromatic carbocycles. The zero-order valence-electron chi connectivity index (χ0n) is 15.6. The maximum atomic E-state index is 12.2. The van der Waals surface area contributed by atoms with Crippen molar-refractivity contribution >= 4 is 11.9 Å². The van der Waals surface area contributed by atoms with Crippen molar-refractivity contribution in [3.63, 3.8) is 0 Å². The summed E-state index contributed by atoms with van der Waals surface area (Å²) in [6.45, 7) is 1.79. The number of rotatable bonds is 6. The number of amides is 1. The Hall–Kier alpha value is -3.44. The molecule has 5 heteroatoms. The Morgan fingerprint density at radius 2 is 1.14 bits per heavy atom. The van der Waals surface area contributed by atoms with Crippen LogP contribution in [0, 0.1) is 0 Å². The molecular formula is C23H22N2O3. The van der Waals surface area contributed by atoms with Gasteiger partial charge in [0.2, 0.25) is 0 Å². The van der Waals surface area contributed by atoms with E-state index in [0.29, 0.717) is 0 Å². The molecule has 0 spiro atoms. The van der Waals surface area contributed by atoms with Gasteiger partial charge >= 0.3 is 11.9 Å². The third-order valence-corrected chi connectivity index (χ3v) is 4.44. The average molecular weight is 374 g/mol. The third-order valence-electron chi connectivity index (χ3n) is 4.44. The Labute approximate surface area is 164 Å². The summed E-state index contributed by atoms with van der Waals surface area (Å²) in [5.41, 5.74) is 7.50. The van der Waals surface area contributed by atoms with Gasteiger partial charge in [-0.3, -0.25) is 10.2 Å². The highest BCUT2D eigenvalue weighted by molar-refractivity contribution is 6.32. The fourth-order valence-corrected chi connectivity index (χ4v) is 3.18. The van der Waals surface area contributed by atoms with Gasteiger partial charge in [0, 0.05) is 0 Å². The standard InChI is InChI=1S/C23H22N2O3/c1-2-28-22(27)21(26)24-25-23(18-12-6-3-7-13-18,19-14-8-4-9-15-19)20-16-10-5-11-17-20/h3-17,25H,2H2,1H3,(H,24,26). The van der Waals surface area contributed by atoms with Crippen molar-refractivity contribution < 1.29 is 14.3 Å². The Morgan fingerprint density at radius 1 is 0.750 bits per heavy atom. The fourth-order valence-electron chi connectivity index (χ4n) is 3.18. The van der Waals surface area contributed by atoms with Crippen LogP contribution in [0.2, 0.25) is 0 Å². The van der Waals surface area contributed by atoms with Crippen molar-refractivity contribution in [1.82, 2.24) is 10.9 Å². The Balaban J connectivity index is 2.11. The molecule has 0 aromatic heterocycles. The second kappa shape index (κ2) is 8.97. The molecule has 0 atom stereocenters. The molecule has 0 fully saturated rings. The van der Waals surface area contributed by atoms with Crippen LogP contribution in [0.4, 0.5) is 0 Å². The number of esters is 1. The van der Waals surface area contributed by atoms with Gasteiger partial charge in [0.05, 0.1) is 6.61 Å². The van der Waals surface area contributed by atoms with Gasteiger partial charge in [-0.25, -0.2) is 10.2 Å². The monoisotopic (exact) mass is 374 g/mol. The largest absolute Gasteiger partial charge is 0.459 e. The van der Waals surface area contributed by atoms with Crippen LogP contribution in [-0.4, -0.2) is 18.5 Å². The van der Waals surface area contributed by atoms with Crippen molar-refractivity contribution in [2.75, 3.05) is 6.61 Å². The zero-order valence-corrected chi connectivity index (χ0v) is 15.6. The Bertz CT molecular complexity index is 816. The molecule has 1 amide bonds. The number of hydrogen-bond acceptors (Lipinski definition) is 4. The molecule has 5 nitrogen and oxygen atoms in total. The van der Waals surface area contributed by atoms with Crippen molar-refractivity contribution in [2.45, 2.75) is 12.5 Å². The number of carbonyl (C=O) groups excluding carboxylic acids is 2. The molecule has 0 saturated heterocycles. The van der Waals surface area contributed by atoms with Gasteiger partial charge in [-0.1, -0.05) is 91.0 Å². The normalized spacial score (nSPS) is 10.9. The molecule has 0 unspecified atom stereocenters. The van der Waals surface area contributed by atoms with Gasteiger partial charge < -0.3 is 4.74 Å². The second-order valence-corrected chi connectivity index (χ2v) is 6.15. The highest BCUT2D eigenvalue weighted by Gasteiger charge is 2.37. The van der Waals surface area contributed by atoms with E-state index in [1.807, 2.05) is 91.0 Å². The molecule has 0 aliphatic heterocycles. The molecule has 3 aromatic rings. The van der Waals surface area contributed by atoms with E-state index in [1.54, 1.807) is 6.92 Å². The summed E-state index contributed by atoms with van der Waals surface area (Å²) in [6.07, 6.45) is 0. The number of carbonyl (C=O) groups is 2. The highest BCUT2D eigenvalue weighted by Crippen LogP contribution is 2.36. The van der Waals surface area contributed by atoms with Crippen LogP contribution < -0.4 is 10.9 Å². The van der Waals surface area contributed by atoms with Gasteiger partial charge in [0.25, 0.3) is 0 Å². The first-order valence-electron chi connectivity index (χ1n) is 9.09. The molecule has 0 aliphatic rings. The van der Waals surface area contributed by atoms with Gasteiger partial charge in [-0.2, -0.15) is 0 Å². The SMILES string of the molecule is CCOC(=O)C(=O)NNC(c1ccccc1)(c1ccccc1)c1ccccc1. The molecule has 3 rings (SSSR count). The highest BCUT2D eigenvalue weighted by atomic mass is 16.5. The van der Waals surface area contributed by atoms with Crippen LogP contribution in [0.1, 0.15) is 23.6 Å². The molecule has 0 aliphatic carbocycles. The summed E-state index contributed by atoms with van der Waals surface area (Å²) in [5, 5.41) is 0. The lowest BCUT2D eigenvalue weighted by atomic mass is 9.77. The first-order valence-corrected chi connectivity index (χ1v) is 9.09. The van der Waals surface area contributed by atoms with Crippen LogP contribution in [0.15, 0.2) is 91.0 Å². The lowest BCUT2D eigenvalue weighted by Crippen LogP contribution is -2.55. The predicted octanol–water partition coefficient (Wildman–Crippen LogP) is 3.16. The first kappa shape index (κ1) is 19.3. The van der Waals surface area contributed by atoms with Crippen LogP contribution in [-0.2, 0) is 19.9 Å². The number of nitrogens with one attached hydrogen (secondary N) is 2. The maximum Gasteiger partial charge on any atom is 0.398 e. The van der Waals surface area contributed by atoms with E-state index in [0.717, 1.165) is 16.7 Å². The maximum absolute atomic E-state index is 12.2. The fraction of sp³-hybridized carbons (Fsp3) is 0.130. The van der Waals surface area contributed by atoms with Crippen LogP contribution in [0.25, 0.3) is 0 Å². The molecule has 0 heterocycles. The topological polar surface area (TPSA) is 67.4 Å². The van der Waals surface area contributed by atoms with Crippen LogP contribution >= 0.6 is 0 Å². The van der Waals surface area contributed by atoms with Gasteiger partial charge in [0.1, 0.15) is 5.54 Å². The summed E-state index contributed by atoms with van der Waals surface area (Å²) >= 11 is 0. The number of hydrogen-bond donors (Lipinski definition) is 2. The predicted molar refractivity (Wildman–Crippen MR) is 107 cm³/mol. The van der Waals surface area contributed by atoms with E-state index >= 15 is 0 Å². The number of benzene rings is 3. The van der Waals surface area contributed by atoms with E-state index in [-0.39, 0.29) is 6.61 Å². The Morgan fingerprint density at radius 3 is 1.50 bits per heavy atom. The lowest BCUT2D eigenvalue weighted by Gasteiger charge is -2.36. The summed E-state index contributed by atoms with van der Waals surface area (Å²) in [4.78, 5) is 24.0. The summed E-state index contributed by atoms with van der Waals surface area (Å²) in [7, 11) is 0. The average Bonchev–Trinajstić information content (AvgIpc) is 2.76. The molecule has 0 radical (unpaired) electrons. The quantitative estimate of drug-likeness (QED) is 0.301. The summed E-state index contributed by atoms with van der Waals surface area (Å²) < 4.78 is 4.80. The van der Waals surface area contributed by atoms with E-state index < -0.39 is 17.4 Å². The van der Waals surface area contributed by atoms with Crippen LogP contribution in [0.3, 0.4) is 0 Å². The van der Waals surface area contributed by atoms with Crippen LogP contribution in [0.5, 0.6) is 0 Å². The van der Waals surface area contributed by atoms with E-state index in [4.69, 9.17) is 4.74 Å². The van der Waals surface area contributed by atoms with Crippen molar-refractivity contribution in [3.05, 3.63) is 108 Å². The number of ether oxygens (including phenoxy) is 1. The molecular weight excluding hydrogens is 352 g/mol. The summed E-state index contributed by atoms with van der Waals surface area (Å²) in [6, 6.07) is 29.3. The molecule has 142 valence electrons. The minimum Gasteiger partial charge on any atom is -0.459 e. The summed E-state index contributed by atoms with van der Waals surface area (Å²) in [5.74, 6) is -1.79. The molecule has 0 bridgehead atoms. The van der Waals surface area contributed by atoms with Gasteiger partial charge in [0.15, 0.2) is 0 Å². The van der Waals surface area contributed by atoms with Crippen molar-refractivity contribution in [3.8, 4) is 0 Å². The second-order valence-electron chi connectivity index (χ2n) is 6.15. The smallest absolute Gasteiger partial charge is 0.398 e. The Kier molecular flexibility index (Phi) is 6.19. The molecule has 28 heavy (non-hydrogen) atoms. The number of hydrazine groups is 1. The van der Waals surface area contributed by atoms with E-state index in [1.165, 1.54) is 0 Å². The van der Waals surface area contributed by atoms with Gasteiger partial charge in [-0.05, 0) is 23.6 Å². The molecule has 2 N–H and O–H groups in total. The lowest BCUT2D eigenvalue weighted by molar-refractivity contribution is -0.155. The zero-order chi connectivity index (χ0) is 19.8. The van der Waals surface area contributed by atoms with Crippen molar-refractivity contribution in [1.29, 1.82) is 0 Å². The third kappa shape index (κ3) is 3.94. The first-order chi connectivity index (χ1) is 13.7. The minimum absolute atomic E-state index is 0.132. The molecule has 0 saturated carbocycles. The minimum atomic E-state index is -0.932. The van der Waals surface area contributed by atoms with E-state index in [9.17, 15) is 9.59 Å². The van der Waals surface area contributed by atoms with Crippen molar-refractivity contribution in [2.24, 2.45) is 0 Å². The van der Waals surface area contributed by atoms with E-state index in [2.05, 4.69) is 10.9 Å².